The minimum atomic E-state index is -0.00615. The van der Waals surface area contributed by atoms with E-state index in [0.29, 0.717) is 32.0 Å². The van der Waals surface area contributed by atoms with E-state index >= 15 is 0 Å². The molecule has 0 unspecified atom stereocenters. The first-order valence-electron chi connectivity index (χ1n) is 9.86. The molecule has 0 aliphatic rings. The van der Waals surface area contributed by atoms with Crippen molar-refractivity contribution in [1.29, 1.82) is 21.0 Å². The van der Waals surface area contributed by atoms with Gasteiger partial charge in [0.1, 0.15) is 35.4 Å². The molecule has 0 fully saturated rings. The molecule has 0 amide bonds. The minimum absolute atomic E-state index is 0.00615. The van der Waals surface area contributed by atoms with Crippen LogP contribution in [-0.2, 0) is 0 Å². The lowest BCUT2D eigenvalue weighted by Crippen LogP contribution is -2.18. The van der Waals surface area contributed by atoms with Crippen LogP contribution in [0.3, 0.4) is 0 Å². The van der Waals surface area contributed by atoms with Gasteiger partial charge < -0.3 is 0 Å². The number of benzene rings is 5. The maximum absolute atomic E-state index is 9.70. The Morgan fingerprint density at radius 2 is 0.812 bits per heavy atom. The average Bonchev–Trinajstić information content (AvgIpc) is 2.84. The number of hydrogen-bond acceptors (Lipinski definition) is 4. The number of fused-ring (bicyclic) bond motifs is 4. The predicted molar refractivity (Wildman–Crippen MR) is 125 cm³/mol. The van der Waals surface area contributed by atoms with Crippen LogP contribution >= 0.6 is 0 Å². The lowest BCUT2D eigenvalue weighted by Gasteiger charge is -2.11. The third kappa shape index (κ3) is 2.66. The molecule has 5 rings (SSSR count). The van der Waals surface area contributed by atoms with Crippen LogP contribution in [0.25, 0.3) is 54.2 Å². The summed E-state index contributed by atoms with van der Waals surface area (Å²) in [5.41, 5.74) is -0.0123. The summed E-state index contributed by atoms with van der Waals surface area (Å²) in [5, 5.41) is 46.6. The number of nitrogens with zero attached hydrogens (tertiary/aromatic N) is 4. The van der Waals surface area contributed by atoms with Gasteiger partial charge in [-0.05, 0) is 67.4 Å². The molecular weight excluding hydrogens is 392 g/mol. The Hall–Kier alpha value is -5.16. The molecule has 0 saturated heterocycles. The molecule has 0 aliphatic heterocycles. The fourth-order valence-corrected chi connectivity index (χ4v) is 4.43. The quantitative estimate of drug-likeness (QED) is 0.350. The molecule has 0 spiro atoms. The third-order valence-corrected chi connectivity index (χ3v) is 5.79. The SMILES string of the molecule is N#CC(C#N)=c1c2ccccc2c(=C(C#N)C#N)c2cc3cc4ccccc4cc3cc12. The maximum atomic E-state index is 9.70. The van der Waals surface area contributed by atoms with Crippen LogP contribution in [0.1, 0.15) is 0 Å². The van der Waals surface area contributed by atoms with Crippen molar-refractivity contribution < 1.29 is 0 Å². The largest absolute Gasteiger partial charge is 0.192 e. The zero-order chi connectivity index (χ0) is 22.2. The van der Waals surface area contributed by atoms with Gasteiger partial charge in [0.25, 0.3) is 0 Å². The van der Waals surface area contributed by atoms with Crippen molar-refractivity contribution in [2.24, 2.45) is 0 Å². The second kappa shape index (κ2) is 7.27. The molecule has 4 nitrogen and oxygen atoms in total. The Labute approximate surface area is 183 Å². The molecule has 32 heavy (non-hydrogen) atoms. The highest BCUT2D eigenvalue weighted by atomic mass is 14.3. The highest BCUT2D eigenvalue weighted by molar-refractivity contribution is 6.11. The zero-order valence-corrected chi connectivity index (χ0v) is 16.7. The van der Waals surface area contributed by atoms with Crippen LogP contribution in [0.5, 0.6) is 0 Å². The van der Waals surface area contributed by atoms with Crippen LogP contribution < -0.4 is 10.4 Å². The van der Waals surface area contributed by atoms with E-state index in [1.54, 1.807) is 0 Å². The van der Waals surface area contributed by atoms with E-state index in [2.05, 4.69) is 12.1 Å². The van der Waals surface area contributed by atoms with Gasteiger partial charge in [-0.2, -0.15) is 21.0 Å². The molecule has 0 heterocycles. The van der Waals surface area contributed by atoms with Crippen molar-refractivity contribution in [3.8, 4) is 24.3 Å². The molecule has 0 saturated carbocycles. The summed E-state index contributed by atoms with van der Waals surface area (Å²) in [4.78, 5) is 0. The molecule has 0 atom stereocenters. The first-order chi connectivity index (χ1) is 15.7. The zero-order valence-electron chi connectivity index (χ0n) is 16.7. The van der Waals surface area contributed by atoms with Crippen molar-refractivity contribution in [3.05, 3.63) is 83.2 Å². The first-order valence-corrected chi connectivity index (χ1v) is 9.86. The van der Waals surface area contributed by atoms with Crippen molar-refractivity contribution in [2.45, 2.75) is 0 Å². The van der Waals surface area contributed by atoms with Crippen LogP contribution in [0.4, 0.5) is 0 Å². The molecule has 5 aromatic rings. The van der Waals surface area contributed by atoms with Crippen LogP contribution in [0.15, 0.2) is 72.8 Å². The van der Waals surface area contributed by atoms with Gasteiger partial charge in [0.2, 0.25) is 0 Å². The van der Waals surface area contributed by atoms with Gasteiger partial charge in [0.15, 0.2) is 0 Å². The topological polar surface area (TPSA) is 95.2 Å². The van der Waals surface area contributed by atoms with Crippen molar-refractivity contribution in [3.63, 3.8) is 0 Å². The Morgan fingerprint density at radius 3 is 1.19 bits per heavy atom. The summed E-state index contributed by atoms with van der Waals surface area (Å²) in [6.45, 7) is 0. The monoisotopic (exact) mass is 404 g/mol. The summed E-state index contributed by atoms with van der Waals surface area (Å²) in [6.07, 6.45) is 0. The fourth-order valence-electron chi connectivity index (χ4n) is 4.43. The van der Waals surface area contributed by atoms with Crippen molar-refractivity contribution in [1.82, 2.24) is 0 Å². The van der Waals surface area contributed by atoms with E-state index in [9.17, 15) is 21.0 Å². The second-order valence-electron chi connectivity index (χ2n) is 7.44. The fraction of sp³-hybridized carbons (Fsp3) is 0. The van der Waals surface area contributed by atoms with Gasteiger partial charge in [0, 0.05) is 10.4 Å². The van der Waals surface area contributed by atoms with E-state index in [1.165, 1.54) is 0 Å². The van der Waals surface area contributed by atoms with Gasteiger partial charge in [0.05, 0.1) is 0 Å². The maximum Gasteiger partial charge on any atom is 0.138 e. The summed E-state index contributed by atoms with van der Waals surface area (Å²) in [5.74, 6) is 0. The van der Waals surface area contributed by atoms with Gasteiger partial charge >= 0.3 is 0 Å². The average molecular weight is 404 g/mol. The molecule has 0 aromatic heterocycles. The lowest BCUT2D eigenvalue weighted by atomic mass is 9.91. The van der Waals surface area contributed by atoms with Gasteiger partial charge in [-0.1, -0.05) is 48.5 Å². The highest BCUT2D eigenvalue weighted by Crippen LogP contribution is 2.27. The Kier molecular flexibility index (Phi) is 4.28. The predicted octanol–water partition coefficient (Wildman–Crippen LogP) is 4.70. The molecule has 4 heteroatoms. The Balaban J connectivity index is 2.23. The van der Waals surface area contributed by atoms with Gasteiger partial charge in [-0.15, -0.1) is 0 Å². The lowest BCUT2D eigenvalue weighted by molar-refractivity contribution is 1.50. The summed E-state index contributed by atoms with van der Waals surface area (Å²) >= 11 is 0. The van der Waals surface area contributed by atoms with E-state index < -0.39 is 0 Å². The normalized spacial score (nSPS) is 10.4. The summed E-state index contributed by atoms with van der Waals surface area (Å²) in [7, 11) is 0. The van der Waals surface area contributed by atoms with Crippen molar-refractivity contribution >= 4 is 54.2 Å². The van der Waals surface area contributed by atoms with Crippen LogP contribution in [0, 0.1) is 45.3 Å². The van der Waals surface area contributed by atoms with Crippen LogP contribution in [0.2, 0.25) is 0 Å². The molecule has 144 valence electrons. The van der Waals surface area contributed by atoms with E-state index in [4.69, 9.17) is 0 Å². The Bertz CT molecular complexity index is 1750. The molecular formula is C28H12N4. The number of nitriles is 4. The van der Waals surface area contributed by atoms with E-state index in [0.717, 1.165) is 21.5 Å². The van der Waals surface area contributed by atoms with Crippen molar-refractivity contribution in [2.75, 3.05) is 0 Å². The van der Waals surface area contributed by atoms with E-state index in [1.807, 2.05) is 84.9 Å². The van der Waals surface area contributed by atoms with Crippen LogP contribution in [-0.4, -0.2) is 0 Å². The first kappa shape index (κ1) is 18.8. The number of hydrogen-bond donors (Lipinski definition) is 0. The third-order valence-electron chi connectivity index (χ3n) is 5.79. The smallest absolute Gasteiger partial charge is 0.138 e. The molecule has 0 N–H and O–H groups in total. The number of rotatable bonds is 0. The molecule has 5 aromatic carbocycles. The second-order valence-corrected chi connectivity index (χ2v) is 7.44. The molecule has 0 aliphatic carbocycles. The van der Waals surface area contributed by atoms with Gasteiger partial charge in [-0.3, -0.25) is 0 Å². The molecule has 0 bridgehead atoms. The summed E-state index contributed by atoms with van der Waals surface area (Å²) in [6, 6.07) is 31.4. The highest BCUT2D eigenvalue weighted by Gasteiger charge is 2.13. The standard InChI is InChI=1S/C28H12N4/c29-13-21(14-30)27-23-7-3-4-8-24(23)28(22(15-31)16-32)26-12-20-10-18-6-2-1-5-17(18)9-19(20)11-25(26)27/h1-12H. The summed E-state index contributed by atoms with van der Waals surface area (Å²) < 4.78 is 0. The van der Waals surface area contributed by atoms with Gasteiger partial charge in [-0.25, -0.2) is 0 Å². The molecule has 0 radical (unpaired) electrons. The van der Waals surface area contributed by atoms with E-state index in [-0.39, 0.29) is 11.1 Å². The minimum Gasteiger partial charge on any atom is -0.192 e. The Morgan fingerprint density at radius 1 is 0.438 bits per heavy atom.